The quantitative estimate of drug-likeness (QED) is 0.407. The van der Waals surface area contributed by atoms with Gasteiger partial charge in [0.15, 0.2) is 0 Å². The molecule has 0 bridgehead atoms. The van der Waals surface area contributed by atoms with Crippen molar-refractivity contribution in [2.24, 2.45) is 0 Å². The summed E-state index contributed by atoms with van der Waals surface area (Å²) in [5.41, 5.74) is 1.91. The Bertz CT molecular complexity index is 1270. The van der Waals surface area contributed by atoms with E-state index in [0.29, 0.717) is 73.8 Å². The van der Waals surface area contributed by atoms with E-state index in [1.165, 1.54) is 9.80 Å². The lowest BCUT2D eigenvalue weighted by atomic mass is 10.0. The molecule has 0 radical (unpaired) electrons. The summed E-state index contributed by atoms with van der Waals surface area (Å²) in [6.07, 6.45) is 1.64. The average molecular weight is 514 g/mol. The van der Waals surface area contributed by atoms with Crippen LogP contribution in [-0.2, 0) is 9.53 Å². The van der Waals surface area contributed by atoms with Gasteiger partial charge in [-0.3, -0.25) is 14.6 Å². The van der Waals surface area contributed by atoms with Crippen LogP contribution < -0.4 is 9.64 Å². The van der Waals surface area contributed by atoms with Gasteiger partial charge in [0, 0.05) is 69.6 Å². The zero-order chi connectivity index (χ0) is 26.5. The molecule has 1 fully saturated rings. The summed E-state index contributed by atoms with van der Waals surface area (Å²) in [6, 6.07) is 6.29. The summed E-state index contributed by atoms with van der Waals surface area (Å²) in [5, 5.41) is 0. The Morgan fingerprint density at radius 2 is 1.84 bits per heavy atom. The van der Waals surface area contributed by atoms with E-state index in [9.17, 15) is 18.4 Å². The number of carbonyl (C=O) groups is 2. The van der Waals surface area contributed by atoms with Gasteiger partial charge in [0.1, 0.15) is 29.3 Å². The number of likely N-dealkylation sites (N-methyl/N-ethyl adjacent to an activating group) is 2. The zero-order valence-electron chi connectivity index (χ0n) is 21.0. The molecular formula is C26H29F2N5O4. The number of hydrogen-bond acceptors (Lipinski definition) is 7. The van der Waals surface area contributed by atoms with Crippen LogP contribution in [0.5, 0.6) is 5.75 Å². The highest BCUT2D eigenvalue weighted by Crippen LogP contribution is 2.30. The molecule has 1 aliphatic heterocycles. The molecule has 1 saturated heterocycles. The number of carbonyl (C=O) groups excluding carboxylic acids is 2. The number of morpholine rings is 1. The van der Waals surface area contributed by atoms with Crippen molar-refractivity contribution in [1.82, 2.24) is 19.8 Å². The monoisotopic (exact) mass is 513 g/mol. The maximum absolute atomic E-state index is 13.8. The van der Waals surface area contributed by atoms with Gasteiger partial charge in [-0.05, 0) is 19.1 Å². The van der Waals surface area contributed by atoms with Gasteiger partial charge in [-0.1, -0.05) is 0 Å². The Morgan fingerprint density at radius 3 is 2.51 bits per heavy atom. The number of rotatable bonds is 9. The summed E-state index contributed by atoms with van der Waals surface area (Å²) < 4.78 is 38.9. The van der Waals surface area contributed by atoms with E-state index in [1.54, 1.807) is 39.3 Å². The van der Waals surface area contributed by atoms with Crippen LogP contribution in [0.3, 0.4) is 0 Å². The molecule has 2 aromatic carbocycles. The zero-order valence-corrected chi connectivity index (χ0v) is 21.0. The Labute approximate surface area is 213 Å². The highest BCUT2D eigenvalue weighted by molar-refractivity contribution is 5.98. The van der Waals surface area contributed by atoms with Crippen molar-refractivity contribution in [2.75, 3.05) is 58.4 Å². The molecule has 3 aromatic rings. The Hall–Kier alpha value is -3.86. The van der Waals surface area contributed by atoms with Gasteiger partial charge >= 0.3 is 0 Å². The molecule has 0 spiro atoms. The normalized spacial score (nSPS) is 14.4. The molecule has 11 heteroatoms. The van der Waals surface area contributed by atoms with Crippen LogP contribution >= 0.6 is 0 Å². The van der Waals surface area contributed by atoms with Crippen LogP contribution in [0, 0.1) is 11.6 Å². The highest BCUT2D eigenvalue weighted by Gasteiger charge is 2.22. The first-order valence-electron chi connectivity index (χ1n) is 11.9. The van der Waals surface area contributed by atoms with Gasteiger partial charge in [0.25, 0.3) is 5.91 Å². The summed E-state index contributed by atoms with van der Waals surface area (Å²) >= 11 is 0. The number of aromatic nitrogens is 2. The predicted octanol–water partition coefficient (Wildman–Crippen LogP) is 3.04. The largest absolute Gasteiger partial charge is 0.486 e. The van der Waals surface area contributed by atoms with Crippen LogP contribution in [-0.4, -0.2) is 85.6 Å². The van der Waals surface area contributed by atoms with Crippen molar-refractivity contribution in [3.63, 3.8) is 0 Å². The van der Waals surface area contributed by atoms with Crippen LogP contribution in [0.25, 0.3) is 11.0 Å². The number of hydrogen-bond donors (Lipinski definition) is 0. The summed E-state index contributed by atoms with van der Waals surface area (Å²) in [4.78, 5) is 38.5. The van der Waals surface area contributed by atoms with E-state index >= 15 is 0 Å². The van der Waals surface area contributed by atoms with Crippen molar-refractivity contribution in [2.45, 2.75) is 13.0 Å². The first kappa shape index (κ1) is 26.2. The Morgan fingerprint density at radius 1 is 1.14 bits per heavy atom. The van der Waals surface area contributed by atoms with Crippen molar-refractivity contribution >= 4 is 29.2 Å². The molecule has 9 nitrogen and oxygen atoms in total. The minimum atomic E-state index is -0.757. The van der Waals surface area contributed by atoms with Gasteiger partial charge in [0.2, 0.25) is 6.41 Å². The molecule has 2 heterocycles. The molecule has 0 saturated carbocycles. The van der Waals surface area contributed by atoms with Crippen LogP contribution in [0.15, 0.2) is 36.5 Å². The van der Waals surface area contributed by atoms with Crippen molar-refractivity contribution in [1.29, 1.82) is 0 Å². The third kappa shape index (κ3) is 6.29. The highest BCUT2D eigenvalue weighted by atomic mass is 19.1. The van der Waals surface area contributed by atoms with E-state index < -0.39 is 17.7 Å². The maximum atomic E-state index is 13.8. The number of nitrogens with zero attached hydrogens (tertiary/aromatic N) is 5. The molecule has 0 aliphatic carbocycles. The number of fused-ring (bicyclic) bond motifs is 1. The number of anilines is 1. The van der Waals surface area contributed by atoms with Gasteiger partial charge in [-0.15, -0.1) is 0 Å². The van der Waals surface area contributed by atoms with Crippen LogP contribution in [0.4, 0.5) is 14.6 Å². The third-order valence-electron chi connectivity index (χ3n) is 6.15. The van der Waals surface area contributed by atoms with E-state index in [1.807, 2.05) is 0 Å². The van der Waals surface area contributed by atoms with E-state index in [-0.39, 0.29) is 11.7 Å². The molecule has 4 rings (SSSR count). The fourth-order valence-corrected chi connectivity index (χ4v) is 4.06. The van der Waals surface area contributed by atoms with E-state index in [0.717, 1.165) is 18.2 Å². The second-order valence-electron chi connectivity index (χ2n) is 8.94. The summed E-state index contributed by atoms with van der Waals surface area (Å²) in [5.74, 6) is -1.11. The molecule has 2 amide bonds. The molecule has 196 valence electrons. The third-order valence-corrected chi connectivity index (χ3v) is 6.15. The summed E-state index contributed by atoms with van der Waals surface area (Å²) in [6.45, 7) is 4.92. The lowest BCUT2D eigenvalue weighted by molar-refractivity contribution is -0.117. The number of amides is 2. The fourth-order valence-electron chi connectivity index (χ4n) is 4.06. The van der Waals surface area contributed by atoms with Crippen molar-refractivity contribution in [3.8, 4) is 5.75 Å². The molecular weight excluding hydrogens is 484 g/mol. The minimum Gasteiger partial charge on any atom is -0.486 e. The second-order valence-corrected chi connectivity index (χ2v) is 8.94. The van der Waals surface area contributed by atoms with E-state index in [2.05, 4.69) is 9.88 Å². The first-order chi connectivity index (χ1) is 17.7. The van der Waals surface area contributed by atoms with Gasteiger partial charge in [0.05, 0.1) is 30.4 Å². The van der Waals surface area contributed by atoms with Gasteiger partial charge in [-0.2, -0.15) is 0 Å². The molecule has 0 N–H and O–H groups in total. The Kier molecular flexibility index (Phi) is 8.12. The maximum Gasteiger partial charge on any atom is 0.253 e. The molecule has 1 aromatic heterocycles. The topological polar surface area (TPSA) is 88.1 Å². The molecule has 1 unspecified atom stereocenters. The average Bonchev–Trinajstić information content (AvgIpc) is 2.89. The molecule has 1 aliphatic rings. The number of benzene rings is 2. The predicted molar refractivity (Wildman–Crippen MR) is 134 cm³/mol. The summed E-state index contributed by atoms with van der Waals surface area (Å²) in [7, 11) is 3.28. The molecule has 37 heavy (non-hydrogen) atoms. The van der Waals surface area contributed by atoms with Gasteiger partial charge in [-0.25, -0.2) is 13.8 Å². The van der Waals surface area contributed by atoms with E-state index in [4.69, 9.17) is 14.5 Å². The second kappa shape index (κ2) is 11.5. The van der Waals surface area contributed by atoms with Crippen molar-refractivity contribution in [3.05, 3.63) is 59.3 Å². The lowest BCUT2D eigenvalue weighted by Crippen LogP contribution is -2.36. The smallest absolute Gasteiger partial charge is 0.253 e. The molecule has 1 atom stereocenters. The fraction of sp³-hybridized carbons (Fsp3) is 0.385. The lowest BCUT2D eigenvalue weighted by Gasteiger charge is -2.28. The standard InChI is InChI=1S/C26H29F2N5O4/c1-17(37-21-13-19(27)12-20(28)14-21)22-10-18(26(35)32(3)5-4-31(2)16-34)11-23-25(22)30-24(15-29-23)33-6-8-36-9-7-33/h10-17H,4-9H2,1-3H3. The van der Waals surface area contributed by atoms with Crippen LogP contribution in [0.2, 0.25) is 0 Å². The number of halogens is 2. The first-order valence-corrected chi connectivity index (χ1v) is 11.9. The van der Waals surface area contributed by atoms with Crippen molar-refractivity contribution < 1.29 is 27.8 Å². The SMILES string of the molecule is CC(Oc1cc(F)cc(F)c1)c1cc(C(=O)N(C)CCN(C)C=O)cc2ncc(N3CCOCC3)nc12. The van der Waals surface area contributed by atoms with Crippen LogP contribution in [0.1, 0.15) is 28.9 Å². The Balaban J connectivity index is 1.72. The number of ether oxygens (including phenoxy) is 2. The minimum absolute atomic E-state index is 0.0150. The van der Waals surface area contributed by atoms with Gasteiger partial charge < -0.3 is 24.2 Å².